The maximum absolute atomic E-state index is 8.47. The number of hydrogen-bond donors (Lipinski definition) is 0. The van der Waals surface area contributed by atoms with Crippen LogP contribution in [0.2, 0.25) is 6.55 Å². The molecule has 4 nitrogen and oxygen atoms in total. The zero-order valence-corrected chi connectivity index (χ0v) is 58.7. The summed E-state index contributed by atoms with van der Waals surface area (Å²) in [5.74, 6) is 4.32. The second-order valence-electron chi connectivity index (χ2n) is 23.5. The van der Waals surface area contributed by atoms with Crippen molar-refractivity contribution >= 4 is 52.5 Å². The first-order valence-corrected chi connectivity index (χ1v) is 36.7. The zero-order valence-electron chi connectivity index (χ0n) is 56.7. The van der Waals surface area contributed by atoms with Gasteiger partial charge >= 0.3 is 0 Å². The van der Waals surface area contributed by atoms with Gasteiger partial charge in [0.25, 0.3) is 0 Å². The molecule has 0 bridgehead atoms. The number of terminal acetylenes is 1. The Balaban J connectivity index is 0.000000166. The fourth-order valence-corrected chi connectivity index (χ4v) is 19.2. The van der Waals surface area contributed by atoms with Crippen molar-refractivity contribution in [2.75, 3.05) is 0 Å². The smallest absolute Gasteiger partial charge is 0.179 e. The summed E-state index contributed by atoms with van der Waals surface area (Å²) >= 11 is 0. The van der Waals surface area contributed by atoms with E-state index >= 15 is 0 Å². The lowest BCUT2D eigenvalue weighted by atomic mass is 10.1. The molecule has 13 rings (SSSR count). The Morgan fingerprint density at radius 2 is 0.667 bits per heavy atom. The molecule has 474 valence electrons. The largest absolute Gasteiger partial charge is 0.457 e. The predicted octanol–water partition coefficient (Wildman–Crippen LogP) is 17.7. The van der Waals surface area contributed by atoms with Crippen LogP contribution < -0.4 is 41.0 Å². The third-order valence-electron chi connectivity index (χ3n) is 16.1. The third-order valence-corrected chi connectivity index (χ3v) is 25.4. The molecular formula is C90H85N3OSi2. The van der Waals surface area contributed by atoms with Gasteiger partial charge in [-0.3, -0.25) is 4.98 Å². The molecule has 0 radical (unpaired) electrons. The van der Waals surface area contributed by atoms with Crippen LogP contribution in [0, 0.1) is 90.4 Å². The van der Waals surface area contributed by atoms with Crippen LogP contribution in [-0.4, -0.2) is 21.1 Å². The molecule has 0 saturated carbocycles. The minimum absolute atomic E-state index is 0.731. The number of pyridine rings is 1. The molecule has 0 fully saturated rings. The van der Waals surface area contributed by atoms with Gasteiger partial charge in [0.1, 0.15) is 19.6 Å². The van der Waals surface area contributed by atoms with Gasteiger partial charge in [0.05, 0.1) is 29.0 Å². The van der Waals surface area contributed by atoms with E-state index in [0.29, 0.717) is 0 Å². The van der Waals surface area contributed by atoms with Crippen molar-refractivity contribution in [3.63, 3.8) is 0 Å². The quantitative estimate of drug-likeness (QED) is 0.0820. The number of hydrogen-bond acceptors (Lipinski definition) is 4. The summed E-state index contributed by atoms with van der Waals surface area (Å²) in [6.07, 6.45) is 5.21. The fraction of sp³-hybridized carbons (Fsp3) is 0.100. The van der Waals surface area contributed by atoms with Crippen LogP contribution in [0.3, 0.4) is 0 Å². The summed E-state index contributed by atoms with van der Waals surface area (Å²) in [4.78, 5) is 4.20. The van der Waals surface area contributed by atoms with E-state index in [1.54, 1.807) is 6.07 Å². The van der Waals surface area contributed by atoms with E-state index in [2.05, 4.69) is 294 Å². The number of para-hydroxylation sites is 1. The van der Waals surface area contributed by atoms with E-state index in [9.17, 15) is 0 Å². The van der Waals surface area contributed by atoms with E-state index in [0.717, 1.165) is 50.7 Å². The number of ether oxygens (including phenoxy) is 1. The number of rotatable bonds is 9. The molecule has 0 aliphatic rings. The van der Waals surface area contributed by atoms with Gasteiger partial charge in [-0.2, -0.15) is 10.5 Å². The Labute approximate surface area is 574 Å². The highest BCUT2D eigenvalue weighted by molar-refractivity contribution is 7.20. The first kappa shape index (κ1) is 72.0. The van der Waals surface area contributed by atoms with Gasteiger partial charge in [-0.15, -0.1) is 6.42 Å². The van der Waals surface area contributed by atoms with Crippen molar-refractivity contribution in [1.82, 2.24) is 4.98 Å². The van der Waals surface area contributed by atoms with Crippen LogP contribution in [0.5, 0.6) is 11.5 Å². The van der Waals surface area contributed by atoms with Crippen LogP contribution in [0.25, 0.3) is 0 Å². The summed E-state index contributed by atoms with van der Waals surface area (Å²) in [6, 6.07) is 124. The molecule has 6 heteroatoms. The number of benzene rings is 12. The van der Waals surface area contributed by atoms with Crippen molar-refractivity contribution in [1.29, 1.82) is 10.5 Å². The minimum Gasteiger partial charge on any atom is -0.457 e. The van der Waals surface area contributed by atoms with Gasteiger partial charge in [0.15, 0.2) is 8.07 Å². The lowest BCUT2D eigenvalue weighted by Crippen LogP contribution is -2.74. The van der Waals surface area contributed by atoms with E-state index < -0.39 is 16.1 Å². The monoisotopic (exact) mass is 1280 g/mol. The number of nitriles is 2. The van der Waals surface area contributed by atoms with Crippen molar-refractivity contribution in [3.8, 4) is 36.0 Å². The average molecular weight is 1280 g/mol. The van der Waals surface area contributed by atoms with Gasteiger partial charge in [0.2, 0.25) is 0 Å². The molecule has 1 aromatic heterocycles. The highest BCUT2D eigenvalue weighted by Crippen LogP contribution is 2.21. The molecule has 0 amide bonds. The van der Waals surface area contributed by atoms with Gasteiger partial charge < -0.3 is 4.74 Å². The molecule has 0 N–H and O–H groups in total. The molecule has 0 aliphatic heterocycles. The van der Waals surface area contributed by atoms with Crippen molar-refractivity contribution in [2.45, 2.75) is 61.9 Å². The minimum atomic E-state index is -2.32. The Kier molecular flexibility index (Phi) is 28.4. The Morgan fingerprint density at radius 3 is 1.02 bits per heavy atom. The maximum Gasteiger partial charge on any atom is 0.179 e. The second-order valence-corrected chi connectivity index (χ2v) is 31.3. The molecule has 0 spiro atoms. The Morgan fingerprint density at radius 1 is 0.312 bits per heavy atom. The Hall–Kier alpha value is -11.4. The number of aryl methyl sites for hydroxylation is 8. The van der Waals surface area contributed by atoms with Gasteiger partial charge in [-0.05, 0) is 163 Å². The summed E-state index contributed by atoms with van der Waals surface area (Å²) in [5.41, 5.74) is 11.7. The third kappa shape index (κ3) is 21.3. The number of nitrogens with zero attached hydrogens (tertiary/aromatic N) is 3. The molecule has 13 aromatic rings. The molecule has 0 aliphatic carbocycles. The highest BCUT2D eigenvalue weighted by atomic mass is 28.3. The first-order chi connectivity index (χ1) is 46.7. The summed E-state index contributed by atoms with van der Waals surface area (Å²) in [7, 11) is -4.20. The van der Waals surface area contributed by atoms with Gasteiger partial charge in [-0.1, -0.05) is 320 Å². The van der Waals surface area contributed by atoms with E-state index in [1.165, 1.54) is 58.6 Å². The summed E-state index contributed by atoms with van der Waals surface area (Å²) in [5, 5.41) is 26.9. The van der Waals surface area contributed by atoms with Crippen LogP contribution in [0.1, 0.15) is 61.5 Å². The molecule has 1 heterocycles. The fourth-order valence-electron chi connectivity index (χ4n) is 10.9. The maximum atomic E-state index is 8.47. The van der Waals surface area contributed by atoms with E-state index in [-0.39, 0.29) is 0 Å². The Bertz CT molecular complexity index is 4320. The zero-order chi connectivity index (χ0) is 68.4. The lowest BCUT2D eigenvalue weighted by molar-refractivity contribution is 0.482. The molecule has 12 aromatic carbocycles. The van der Waals surface area contributed by atoms with Crippen LogP contribution in [-0.2, 0) is 0 Å². The highest BCUT2D eigenvalue weighted by Gasteiger charge is 2.41. The second kappa shape index (κ2) is 37.9. The lowest BCUT2D eigenvalue weighted by Gasteiger charge is -2.34. The standard InChI is InChI=1S/C25H22Si.C19H18Si.C13H12O.C9H9N.2C8H7N.C8H10/c1-21-17-19-25(20-18-21)26(22-11-5-2-6-12-22,23-13-7-3-8-14-23)24-15-9-4-10-16-24;1-20(17-11-5-2-6-12-17,18-13-7-3-8-14-18)19-15-9-4-10-16-19;1-11-6-5-9-13(10-11)14-12-7-3-2-4-8-12;1-4-9-6-5-7(2)10-8(9)3;1-7-3-2-4-8(5-7)6-9;1-7-4-2-3-5-8(7)6-9;1-7-3-5-8(2)6-4-7/h2-20H,1H3;2-16H,1H3;2-10H,1H3;1,5-6H,2-3H3;2*2-5H,1H3;3-6H,1-2H3. The van der Waals surface area contributed by atoms with Crippen molar-refractivity contribution in [3.05, 3.63) is 407 Å². The molecule has 96 heavy (non-hydrogen) atoms. The van der Waals surface area contributed by atoms with Crippen LogP contribution in [0.4, 0.5) is 0 Å². The topological polar surface area (TPSA) is 69.7 Å². The summed E-state index contributed by atoms with van der Waals surface area (Å²) in [6.45, 7) is 18.6. The summed E-state index contributed by atoms with van der Waals surface area (Å²) < 4.78 is 5.66. The molecular weight excluding hydrogens is 1200 g/mol. The van der Waals surface area contributed by atoms with E-state index in [1.807, 2.05) is 131 Å². The molecule has 0 unspecified atom stereocenters. The van der Waals surface area contributed by atoms with Crippen molar-refractivity contribution < 1.29 is 4.74 Å². The number of aromatic nitrogens is 1. The molecule has 0 saturated heterocycles. The van der Waals surface area contributed by atoms with Crippen LogP contribution >= 0.6 is 0 Å². The normalized spacial score (nSPS) is 10.1. The predicted molar refractivity (Wildman–Crippen MR) is 412 cm³/mol. The first-order valence-electron chi connectivity index (χ1n) is 32.2. The van der Waals surface area contributed by atoms with Crippen molar-refractivity contribution in [2.24, 2.45) is 0 Å². The average Bonchev–Trinajstić information content (AvgIpc) is 0.738. The van der Waals surface area contributed by atoms with Crippen LogP contribution in [0.15, 0.2) is 346 Å². The van der Waals surface area contributed by atoms with E-state index in [4.69, 9.17) is 21.7 Å². The van der Waals surface area contributed by atoms with Gasteiger partial charge in [-0.25, -0.2) is 0 Å². The SMILES string of the molecule is C#Cc1ccc(C)nc1C.C[Si](c1ccccc1)(c1ccccc1)c1ccccc1.Cc1ccc(C)cc1.Cc1ccc([Si](c2ccccc2)(c2ccccc2)c2ccccc2)cc1.Cc1cccc(C#N)c1.Cc1cccc(Oc2ccccc2)c1.Cc1ccccc1C#N. The van der Waals surface area contributed by atoms with Gasteiger partial charge in [0, 0.05) is 11.3 Å². The molecule has 0 atom stereocenters.